The first-order valence-electron chi connectivity index (χ1n) is 7.58. The number of carbonyl (C=O) groups is 1. The van der Waals surface area contributed by atoms with Crippen molar-refractivity contribution in [3.05, 3.63) is 30.1 Å². The summed E-state index contributed by atoms with van der Waals surface area (Å²) in [5, 5.41) is 3.36. The minimum Gasteiger partial charge on any atom is -0.335 e. The van der Waals surface area contributed by atoms with Crippen LogP contribution in [0.15, 0.2) is 24.5 Å². The Balaban J connectivity index is 1.81. The zero-order valence-corrected chi connectivity index (χ0v) is 12.5. The topological polar surface area (TPSA) is 45.2 Å². The van der Waals surface area contributed by atoms with E-state index in [4.69, 9.17) is 0 Å². The maximum Gasteiger partial charge on any atom is 0.223 e. The van der Waals surface area contributed by atoms with E-state index in [0.717, 1.165) is 32.4 Å². The molecule has 0 aromatic carbocycles. The number of amides is 1. The molecule has 1 saturated carbocycles. The molecule has 0 radical (unpaired) electrons. The van der Waals surface area contributed by atoms with E-state index in [1.807, 2.05) is 17.0 Å². The summed E-state index contributed by atoms with van der Waals surface area (Å²) in [5.41, 5.74) is 1.17. The highest BCUT2D eigenvalue weighted by Gasteiger charge is 2.31. The number of carbonyl (C=O) groups excluding carboxylic acids is 1. The third-order valence-corrected chi connectivity index (χ3v) is 3.53. The standard InChI is InChI=1S/C16H25N3O/c1-13(2)18-9-3-4-16(20)19(15-5-6-15)12-14-7-10-17-11-8-14/h7-8,10-11,13,15,18H,3-6,9,12H2,1-2H3. The molecule has 1 aromatic rings. The molecular weight excluding hydrogens is 250 g/mol. The van der Waals surface area contributed by atoms with Crippen molar-refractivity contribution < 1.29 is 4.79 Å². The van der Waals surface area contributed by atoms with Gasteiger partial charge in [-0.2, -0.15) is 0 Å². The average molecular weight is 275 g/mol. The highest BCUT2D eigenvalue weighted by Crippen LogP contribution is 2.29. The van der Waals surface area contributed by atoms with Crippen molar-refractivity contribution in [1.82, 2.24) is 15.2 Å². The van der Waals surface area contributed by atoms with Gasteiger partial charge in [-0.15, -0.1) is 0 Å². The number of hydrogen-bond acceptors (Lipinski definition) is 3. The summed E-state index contributed by atoms with van der Waals surface area (Å²) >= 11 is 0. The van der Waals surface area contributed by atoms with Crippen LogP contribution in [0.1, 0.15) is 45.1 Å². The molecular formula is C16H25N3O. The first kappa shape index (κ1) is 15.0. The van der Waals surface area contributed by atoms with E-state index in [2.05, 4.69) is 24.1 Å². The van der Waals surface area contributed by atoms with Crippen LogP contribution in [0.2, 0.25) is 0 Å². The van der Waals surface area contributed by atoms with E-state index in [1.165, 1.54) is 5.56 Å². The molecule has 4 heteroatoms. The van der Waals surface area contributed by atoms with Gasteiger partial charge >= 0.3 is 0 Å². The number of nitrogens with zero attached hydrogens (tertiary/aromatic N) is 2. The van der Waals surface area contributed by atoms with E-state index in [1.54, 1.807) is 12.4 Å². The maximum absolute atomic E-state index is 12.4. The molecule has 0 bridgehead atoms. The molecule has 20 heavy (non-hydrogen) atoms. The van der Waals surface area contributed by atoms with Crippen LogP contribution in [0, 0.1) is 0 Å². The van der Waals surface area contributed by atoms with E-state index >= 15 is 0 Å². The normalized spacial score (nSPS) is 14.6. The highest BCUT2D eigenvalue weighted by atomic mass is 16.2. The van der Waals surface area contributed by atoms with E-state index in [9.17, 15) is 4.79 Å². The number of aromatic nitrogens is 1. The molecule has 1 aliphatic rings. The fourth-order valence-corrected chi connectivity index (χ4v) is 2.27. The first-order valence-corrected chi connectivity index (χ1v) is 7.58. The Morgan fingerprint density at radius 3 is 2.70 bits per heavy atom. The van der Waals surface area contributed by atoms with Crippen LogP contribution in [0.25, 0.3) is 0 Å². The van der Waals surface area contributed by atoms with Crippen LogP contribution in [0.4, 0.5) is 0 Å². The Kier molecular flexibility index (Phi) is 5.53. The molecule has 1 heterocycles. The van der Waals surface area contributed by atoms with Crippen molar-refractivity contribution >= 4 is 5.91 Å². The van der Waals surface area contributed by atoms with Gasteiger partial charge < -0.3 is 10.2 Å². The second-order valence-corrected chi connectivity index (χ2v) is 5.82. The molecule has 0 unspecified atom stereocenters. The van der Waals surface area contributed by atoms with Gasteiger partial charge in [0.2, 0.25) is 5.91 Å². The maximum atomic E-state index is 12.4. The van der Waals surface area contributed by atoms with E-state index in [-0.39, 0.29) is 5.91 Å². The summed E-state index contributed by atoms with van der Waals surface area (Å²) in [5.74, 6) is 0.287. The third kappa shape index (κ3) is 4.93. The van der Waals surface area contributed by atoms with Gasteiger partial charge in [-0.3, -0.25) is 9.78 Å². The third-order valence-electron chi connectivity index (χ3n) is 3.53. The summed E-state index contributed by atoms with van der Waals surface area (Å²) < 4.78 is 0. The summed E-state index contributed by atoms with van der Waals surface area (Å²) in [6, 6.07) is 4.93. The predicted molar refractivity (Wildman–Crippen MR) is 80.2 cm³/mol. The Hall–Kier alpha value is -1.42. The molecule has 2 rings (SSSR count). The van der Waals surface area contributed by atoms with Crippen molar-refractivity contribution in [3.8, 4) is 0 Å². The predicted octanol–water partition coefficient (Wildman–Crippen LogP) is 2.35. The van der Waals surface area contributed by atoms with Gasteiger partial charge in [-0.1, -0.05) is 13.8 Å². The molecule has 110 valence electrons. The lowest BCUT2D eigenvalue weighted by molar-refractivity contribution is -0.132. The van der Waals surface area contributed by atoms with Crippen molar-refractivity contribution in [3.63, 3.8) is 0 Å². The van der Waals surface area contributed by atoms with Gasteiger partial charge in [0.05, 0.1) is 0 Å². The largest absolute Gasteiger partial charge is 0.335 e. The quantitative estimate of drug-likeness (QED) is 0.741. The Morgan fingerprint density at radius 1 is 1.40 bits per heavy atom. The molecule has 1 aromatic heterocycles. The zero-order valence-electron chi connectivity index (χ0n) is 12.5. The summed E-state index contributed by atoms with van der Waals surface area (Å²) in [4.78, 5) is 18.4. The van der Waals surface area contributed by atoms with Gasteiger partial charge in [0.15, 0.2) is 0 Å². The molecule has 1 fully saturated rings. The molecule has 4 nitrogen and oxygen atoms in total. The number of rotatable bonds is 8. The molecule has 1 aliphatic carbocycles. The van der Waals surface area contributed by atoms with Crippen molar-refractivity contribution in [2.24, 2.45) is 0 Å². The number of nitrogens with one attached hydrogen (secondary N) is 1. The minimum atomic E-state index is 0.287. The molecule has 1 N–H and O–H groups in total. The second kappa shape index (κ2) is 7.39. The van der Waals surface area contributed by atoms with Crippen LogP contribution in [0.5, 0.6) is 0 Å². The lowest BCUT2D eigenvalue weighted by Crippen LogP contribution is -2.33. The summed E-state index contributed by atoms with van der Waals surface area (Å²) in [7, 11) is 0. The Bertz CT molecular complexity index is 415. The monoisotopic (exact) mass is 275 g/mol. The van der Waals surface area contributed by atoms with Crippen LogP contribution >= 0.6 is 0 Å². The zero-order chi connectivity index (χ0) is 14.4. The van der Waals surface area contributed by atoms with E-state index in [0.29, 0.717) is 18.5 Å². The van der Waals surface area contributed by atoms with Gasteiger partial charge in [-0.05, 0) is 43.5 Å². The lowest BCUT2D eigenvalue weighted by atomic mass is 10.2. The van der Waals surface area contributed by atoms with Crippen molar-refractivity contribution in [1.29, 1.82) is 0 Å². The molecule has 0 aliphatic heterocycles. The first-order chi connectivity index (χ1) is 9.66. The molecule has 0 saturated heterocycles. The Labute approximate surface area is 121 Å². The van der Waals surface area contributed by atoms with Gasteiger partial charge in [-0.25, -0.2) is 0 Å². The average Bonchev–Trinajstić information content (AvgIpc) is 3.26. The number of hydrogen-bond donors (Lipinski definition) is 1. The smallest absolute Gasteiger partial charge is 0.223 e. The summed E-state index contributed by atoms with van der Waals surface area (Å²) in [6.45, 7) is 5.89. The van der Waals surface area contributed by atoms with Crippen LogP contribution < -0.4 is 5.32 Å². The Morgan fingerprint density at radius 2 is 2.10 bits per heavy atom. The molecule has 1 amide bonds. The fourth-order valence-electron chi connectivity index (χ4n) is 2.27. The van der Waals surface area contributed by atoms with Crippen LogP contribution in [-0.4, -0.2) is 34.4 Å². The van der Waals surface area contributed by atoms with Crippen LogP contribution in [-0.2, 0) is 11.3 Å². The minimum absolute atomic E-state index is 0.287. The SMILES string of the molecule is CC(C)NCCCC(=O)N(Cc1ccncc1)C1CC1. The van der Waals surface area contributed by atoms with Gasteiger partial charge in [0.1, 0.15) is 0 Å². The van der Waals surface area contributed by atoms with Crippen molar-refractivity contribution in [2.75, 3.05) is 6.54 Å². The lowest BCUT2D eigenvalue weighted by Gasteiger charge is -2.22. The molecule has 0 spiro atoms. The van der Waals surface area contributed by atoms with Crippen LogP contribution in [0.3, 0.4) is 0 Å². The fraction of sp³-hybridized carbons (Fsp3) is 0.625. The molecule has 0 atom stereocenters. The van der Waals surface area contributed by atoms with E-state index < -0.39 is 0 Å². The number of pyridine rings is 1. The summed E-state index contributed by atoms with van der Waals surface area (Å²) in [6.07, 6.45) is 7.44. The van der Waals surface area contributed by atoms with Gasteiger partial charge in [0, 0.05) is 37.4 Å². The van der Waals surface area contributed by atoms with Crippen molar-refractivity contribution in [2.45, 2.75) is 58.2 Å². The highest BCUT2D eigenvalue weighted by molar-refractivity contribution is 5.76. The second-order valence-electron chi connectivity index (χ2n) is 5.82. The van der Waals surface area contributed by atoms with Gasteiger partial charge in [0.25, 0.3) is 0 Å².